The van der Waals surface area contributed by atoms with Gasteiger partial charge in [-0.25, -0.2) is 4.39 Å². The maximum Gasteiger partial charge on any atom is 0.252 e. The molecular weight excluding hydrogens is 171 g/mol. The third-order valence-electron chi connectivity index (χ3n) is 1.60. The molecule has 0 aliphatic carbocycles. The van der Waals surface area contributed by atoms with Gasteiger partial charge in [-0.15, -0.1) is 0 Å². The van der Waals surface area contributed by atoms with Gasteiger partial charge < -0.3 is 5.32 Å². The van der Waals surface area contributed by atoms with Crippen LogP contribution in [-0.4, -0.2) is 13.0 Å². The summed E-state index contributed by atoms with van der Waals surface area (Å²) in [5.74, 6) is -1.14. The summed E-state index contributed by atoms with van der Waals surface area (Å²) in [6.07, 6.45) is 0. The van der Waals surface area contributed by atoms with Crippen LogP contribution >= 0.6 is 0 Å². The van der Waals surface area contributed by atoms with Gasteiger partial charge in [-0.1, -0.05) is 6.07 Å². The second-order valence-corrected chi connectivity index (χ2v) is 2.35. The largest absolute Gasteiger partial charge is 0.355 e. The van der Waals surface area contributed by atoms with Crippen molar-refractivity contribution in [2.24, 2.45) is 0 Å². The van der Waals surface area contributed by atoms with Gasteiger partial charge in [-0.2, -0.15) is 5.26 Å². The fraction of sp³-hybridized carbons (Fsp3) is 0.111. The lowest BCUT2D eigenvalue weighted by atomic mass is 10.1. The zero-order valence-corrected chi connectivity index (χ0v) is 6.97. The predicted molar refractivity (Wildman–Crippen MR) is 44.5 cm³/mol. The first-order valence-corrected chi connectivity index (χ1v) is 3.61. The van der Waals surface area contributed by atoms with E-state index in [-0.39, 0.29) is 11.1 Å². The summed E-state index contributed by atoms with van der Waals surface area (Å²) >= 11 is 0. The lowest BCUT2D eigenvalue weighted by Crippen LogP contribution is -2.19. The zero-order chi connectivity index (χ0) is 9.84. The number of rotatable bonds is 1. The Bertz CT molecular complexity index is 382. The first-order valence-electron chi connectivity index (χ1n) is 3.61. The molecule has 1 aromatic rings. The van der Waals surface area contributed by atoms with E-state index in [9.17, 15) is 9.18 Å². The maximum absolute atomic E-state index is 12.9. The summed E-state index contributed by atoms with van der Waals surface area (Å²) in [4.78, 5) is 11.1. The topological polar surface area (TPSA) is 52.9 Å². The van der Waals surface area contributed by atoms with Crippen LogP contribution in [0.3, 0.4) is 0 Å². The third kappa shape index (κ3) is 1.64. The molecule has 1 rings (SSSR count). The molecule has 66 valence electrons. The molecule has 0 aliphatic heterocycles. The molecule has 4 heteroatoms. The molecule has 0 unspecified atom stereocenters. The Hall–Kier alpha value is -1.89. The van der Waals surface area contributed by atoms with Crippen LogP contribution in [0.4, 0.5) is 4.39 Å². The number of carbonyl (C=O) groups excluding carboxylic acids is 1. The standard InChI is InChI=1S/C9H7FN2O/c1-12-9(13)6-3-2-4-8(10)7(6)5-11/h2-4H,1H3,(H,12,13). The molecule has 0 atom stereocenters. The van der Waals surface area contributed by atoms with Crippen LogP contribution in [0.25, 0.3) is 0 Å². The normalized spacial score (nSPS) is 9.00. The smallest absolute Gasteiger partial charge is 0.252 e. The number of nitrogens with zero attached hydrogens (tertiary/aromatic N) is 1. The van der Waals surface area contributed by atoms with Gasteiger partial charge in [0.05, 0.1) is 5.56 Å². The van der Waals surface area contributed by atoms with Crippen molar-refractivity contribution < 1.29 is 9.18 Å². The third-order valence-corrected chi connectivity index (χ3v) is 1.60. The van der Waals surface area contributed by atoms with Crippen molar-refractivity contribution in [3.05, 3.63) is 35.1 Å². The van der Waals surface area contributed by atoms with Crippen LogP contribution in [0.15, 0.2) is 18.2 Å². The molecular formula is C9H7FN2O. The van der Waals surface area contributed by atoms with Crippen molar-refractivity contribution in [1.82, 2.24) is 5.32 Å². The predicted octanol–water partition coefficient (Wildman–Crippen LogP) is 1.06. The fourth-order valence-corrected chi connectivity index (χ4v) is 0.962. The molecule has 0 saturated heterocycles. The van der Waals surface area contributed by atoms with Gasteiger partial charge in [-0.05, 0) is 12.1 Å². The quantitative estimate of drug-likeness (QED) is 0.699. The van der Waals surface area contributed by atoms with Crippen molar-refractivity contribution in [3.63, 3.8) is 0 Å². The molecule has 0 aliphatic rings. The van der Waals surface area contributed by atoms with Crippen LogP contribution < -0.4 is 5.32 Å². The number of hydrogen-bond donors (Lipinski definition) is 1. The Balaban J connectivity index is 3.30. The van der Waals surface area contributed by atoms with Crippen LogP contribution in [0, 0.1) is 17.1 Å². The molecule has 3 nitrogen and oxygen atoms in total. The van der Waals surface area contributed by atoms with Crippen LogP contribution in [0.1, 0.15) is 15.9 Å². The number of amides is 1. The highest BCUT2D eigenvalue weighted by molar-refractivity contribution is 5.96. The zero-order valence-electron chi connectivity index (χ0n) is 6.97. The van der Waals surface area contributed by atoms with Gasteiger partial charge in [0.15, 0.2) is 0 Å². The number of carbonyl (C=O) groups is 1. The Kier molecular flexibility index (Phi) is 2.60. The van der Waals surface area contributed by atoms with Gasteiger partial charge in [0, 0.05) is 7.05 Å². The summed E-state index contributed by atoms with van der Waals surface area (Å²) < 4.78 is 12.9. The van der Waals surface area contributed by atoms with Crippen molar-refractivity contribution >= 4 is 5.91 Å². The highest BCUT2D eigenvalue weighted by Crippen LogP contribution is 2.11. The molecule has 1 amide bonds. The minimum absolute atomic E-state index is 0.0602. The Morgan fingerprint density at radius 2 is 2.31 bits per heavy atom. The van der Waals surface area contributed by atoms with E-state index in [0.29, 0.717) is 0 Å². The molecule has 0 heterocycles. The lowest BCUT2D eigenvalue weighted by Gasteiger charge is -2.01. The van der Waals surface area contributed by atoms with E-state index in [2.05, 4.69) is 5.32 Å². The van der Waals surface area contributed by atoms with Gasteiger partial charge in [0.2, 0.25) is 0 Å². The summed E-state index contributed by atoms with van der Waals surface area (Å²) in [5.41, 5.74) is -0.160. The lowest BCUT2D eigenvalue weighted by molar-refractivity contribution is 0.0962. The van der Waals surface area contributed by atoms with E-state index < -0.39 is 11.7 Å². The monoisotopic (exact) mass is 178 g/mol. The molecule has 13 heavy (non-hydrogen) atoms. The van der Waals surface area contributed by atoms with Crippen molar-refractivity contribution in [2.75, 3.05) is 7.05 Å². The molecule has 0 fully saturated rings. The van der Waals surface area contributed by atoms with E-state index in [1.807, 2.05) is 0 Å². The first kappa shape index (κ1) is 9.20. The number of benzene rings is 1. The SMILES string of the molecule is CNC(=O)c1cccc(F)c1C#N. The fourth-order valence-electron chi connectivity index (χ4n) is 0.962. The molecule has 1 aromatic carbocycles. The molecule has 0 radical (unpaired) electrons. The average Bonchev–Trinajstić information content (AvgIpc) is 2.16. The minimum Gasteiger partial charge on any atom is -0.355 e. The summed E-state index contributed by atoms with van der Waals surface area (Å²) in [7, 11) is 1.42. The van der Waals surface area contributed by atoms with Gasteiger partial charge in [0.1, 0.15) is 17.4 Å². The summed E-state index contributed by atoms with van der Waals surface area (Å²) in [6, 6.07) is 5.58. The van der Waals surface area contributed by atoms with Crippen molar-refractivity contribution in [3.8, 4) is 6.07 Å². The first-order chi connectivity index (χ1) is 6.20. The minimum atomic E-state index is -0.677. The van der Waals surface area contributed by atoms with E-state index in [1.54, 1.807) is 6.07 Å². The molecule has 1 N–H and O–H groups in total. The summed E-state index contributed by atoms with van der Waals surface area (Å²) in [5, 5.41) is 10.9. The number of hydrogen-bond acceptors (Lipinski definition) is 2. The van der Waals surface area contributed by atoms with E-state index in [1.165, 1.54) is 19.2 Å². The number of nitrogens with one attached hydrogen (secondary N) is 1. The summed E-state index contributed by atoms with van der Waals surface area (Å²) in [6.45, 7) is 0. The Morgan fingerprint density at radius 3 is 2.85 bits per heavy atom. The van der Waals surface area contributed by atoms with E-state index in [0.717, 1.165) is 6.07 Å². The van der Waals surface area contributed by atoms with Crippen LogP contribution in [0.5, 0.6) is 0 Å². The molecule has 0 spiro atoms. The molecule has 0 aromatic heterocycles. The van der Waals surface area contributed by atoms with E-state index >= 15 is 0 Å². The second kappa shape index (κ2) is 3.68. The average molecular weight is 178 g/mol. The van der Waals surface area contributed by atoms with Crippen LogP contribution in [-0.2, 0) is 0 Å². The number of nitriles is 1. The maximum atomic E-state index is 12.9. The number of halogens is 1. The van der Waals surface area contributed by atoms with Gasteiger partial charge in [0.25, 0.3) is 5.91 Å². The second-order valence-electron chi connectivity index (χ2n) is 2.35. The van der Waals surface area contributed by atoms with Crippen molar-refractivity contribution in [2.45, 2.75) is 0 Å². The van der Waals surface area contributed by atoms with Gasteiger partial charge in [-0.3, -0.25) is 4.79 Å². The molecule has 0 saturated carbocycles. The Morgan fingerprint density at radius 1 is 1.62 bits per heavy atom. The van der Waals surface area contributed by atoms with Crippen LogP contribution in [0.2, 0.25) is 0 Å². The Labute approximate surface area is 74.8 Å². The van der Waals surface area contributed by atoms with Crippen molar-refractivity contribution in [1.29, 1.82) is 5.26 Å². The highest BCUT2D eigenvalue weighted by Gasteiger charge is 2.12. The van der Waals surface area contributed by atoms with Gasteiger partial charge >= 0.3 is 0 Å². The highest BCUT2D eigenvalue weighted by atomic mass is 19.1. The van der Waals surface area contributed by atoms with E-state index in [4.69, 9.17) is 5.26 Å². The molecule has 0 bridgehead atoms.